The molecule has 0 bridgehead atoms. The van der Waals surface area contributed by atoms with Gasteiger partial charge >= 0.3 is 11.9 Å². The standard InChI is InChI=1S/C33H55N5O9.C7H8.C4H10/c1-11-20(3)16-21(4)14-13-15-23(6)33(46)47-19-27(40)34-24(7)31(43)38(10)18-28(41)37(9)17-26(39)36-29(22(5)12-2)30(42)35-25(8)32(44)45;1-7-5-3-2-4-6-7;1-4(2)3/h11,15,21-22,24-25,29H,12-14,16-19H2,1-10H3,(H,34,40)(H,35,42)(H,36,39)(H,44,45);2-6H,1H3;4H,1-3H3/b20-11+,23-15+;;/t21-,22?,24?,25-,29?;;/m1../s1. The SMILES string of the molecule is C/C=C(\C)C[C@H](C)CC/C=C(\C)C(=O)OCC(=O)NC(C)C(=O)N(C)CC(=O)N(C)CC(=O)NC(C(=O)N[C@H](C)C(=O)O)C(C)CC.CC(C)C.Cc1ccccc1. The molecule has 0 aromatic heterocycles. The van der Waals surface area contributed by atoms with E-state index in [1.54, 1.807) is 19.9 Å². The highest BCUT2D eigenvalue weighted by atomic mass is 16.5. The second-order valence-corrected chi connectivity index (χ2v) is 15.6. The average Bonchev–Trinajstić information content (AvgIpc) is 3.15. The number of aryl methyl sites for hydroxylation is 1. The van der Waals surface area contributed by atoms with E-state index in [1.165, 1.54) is 39.1 Å². The number of hydrogen-bond acceptors (Lipinski definition) is 8. The van der Waals surface area contributed by atoms with Gasteiger partial charge in [0.25, 0.3) is 5.91 Å². The Balaban J connectivity index is 0. The summed E-state index contributed by atoms with van der Waals surface area (Å²) >= 11 is 0. The number of benzene rings is 1. The lowest BCUT2D eigenvalue weighted by atomic mass is 9.97. The molecule has 0 saturated heterocycles. The quantitative estimate of drug-likeness (QED) is 0.0754. The maximum atomic E-state index is 12.8. The van der Waals surface area contributed by atoms with E-state index in [0.29, 0.717) is 24.3 Å². The predicted molar refractivity (Wildman–Crippen MR) is 228 cm³/mol. The molecule has 3 unspecified atom stereocenters. The molecule has 5 amide bonds. The summed E-state index contributed by atoms with van der Waals surface area (Å²) in [7, 11) is 2.71. The minimum Gasteiger partial charge on any atom is -0.480 e. The van der Waals surface area contributed by atoms with E-state index in [0.717, 1.165) is 28.6 Å². The second-order valence-electron chi connectivity index (χ2n) is 15.6. The molecule has 0 spiro atoms. The molecule has 328 valence electrons. The Morgan fingerprint density at radius 3 is 1.86 bits per heavy atom. The number of nitrogens with one attached hydrogen (secondary N) is 3. The lowest BCUT2D eigenvalue weighted by molar-refractivity contribution is -0.146. The highest BCUT2D eigenvalue weighted by Gasteiger charge is 2.29. The highest BCUT2D eigenvalue weighted by molar-refractivity contribution is 5.94. The first-order valence-electron chi connectivity index (χ1n) is 20.0. The van der Waals surface area contributed by atoms with Crippen molar-refractivity contribution < 1.29 is 43.4 Å². The zero-order chi connectivity index (χ0) is 45.1. The molecule has 4 N–H and O–H groups in total. The summed E-state index contributed by atoms with van der Waals surface area (Å²) in [6.07, 6.45) is 6.98. The van der Waals surface area contributed by atoms with Crippen molar-refractivity contribution >= 4 is 41.5 Å². The van der Waals surface area contributed by atoms with Crippen LogP contribution in [0.3, 0.4) is 0 Å². The fourth-order valence-electron chi connectivity index (χ4n) is 4.88. The fraction of sp³-hybridized carbons (Fsp3) is 0.614. The second kappa shape index (κ2) is 30.1. The molecule has 0 saturated carbocycles. The molecule has 5 atom stereocenters. The van der Waals surface area contributed by atoms with Gasteiger partial charge in [-0.3, -0.25) is 28.8 Å². The van der Waals surface area contributed by atoms with E-state index in [4.69, 9.17) is 9.84 Å². The molecule has 0 aliphatic carbocycles. The van der Waals surface area contributed by atoms with Crippen LogP contribution in [0, 0.1) is 24.7 Å². The van der Waals surface area contributed by atoms with Crippen LogP contribution < -0.4 is 16.0 Å². The van der Waals surface area contributed by atoms with Crippen molar-refractivity contribution in [3.8, 4) is 0 Å². The van der Waals surface area contributed by atoms with Gasteiger partial charge in [-0.15, -0.1) is 0 Å². The van der Waals surface area contributed by atoms with Crippen molar-refractivity contribution in [2.45, 2.75) is 127 Å². The van der Waals surface area contributed by atoms with Crippen LogP contribution in [-0.4, -0.2) is 108 Å². The Morgan fingerprint density at radius 2 is 1.38 bits per heavy atom. The van der Waals surface area contributed by atoms with Gasteiger partial charge in [0.05, 0.1) is 13.1 Å². The Labute approximate surface area is 347 Å². The lowest BCUT2D eigenvalue weighted by Gasteiger charge is -2.27. The van der Waals surface area contributed by atoms with Gasteiger partial charge in [-0.05, 0) is 78.6 Å². The molecule has 14 nitrogen and oxygen atoms in total. The lowest BCUT2D eigenvalue weighted by Crippen LogP contribution is -2.55. The molecule has 14 heteroatoms. The van der Waals surface area contributed by atoms with Crippen LogP contribution in [0.4, 0.5) is 0 Å². The monoisotopic (exact) mass is 816 g/mol. The smallest absolute Gasteiger partial charge is 0.333 e. The number of aliphatic carboxylic acids is 1. The molecular weight excluding hydrogens is 743 g/mol. The molecule has 0 heterocycles. The van der Waals surface area contributed by atoms with Gasteiger partial charge in [-0.25, -0.2) is 4.79 Å². The van der Waals surface area contributed by atoms with E-state index >= 15 is 0 Å². The molecule has 0 radical (unpaired) electrons. The van der Waals surface area contributed by atoms with Gasteiger partial charge in [0.1, 0.15) is 18.1 Å². The van der Waals surface area contributed by atoms with Crippen molar-refractivity contribution in [2.24, 2.45) is 17.8 Å². The van der Waals surface area contributed by atoms with Crippen LogP contribution in [0.15, 0.2) is 53.6 Å². The van der Waals surface area contributed by atoms with E-state index in [2.05, 4.69) is 75.7 Å². The number of ether oxygens (including phenoxy) is 1. The Bertz CT molecular complexity index is 1510. The third-order valence-corrected chi connectivity index (χ3v) is 8.71. The van der Waals surface area contributed by atoms with Gasteiger partial charge in [0.15, 0.2) is 6.61 Å². The molecule has 1 rings (SSSR count). The number of carbonyl (C=O) groups is 7. The number of carboxylic acid groups (broad SMARTS) is 1. The van der Waals surface area contributed by atoms with E-state index in [9.17, 15) is 33.6 Å². The molecule has 1 aromatic carbocycles. The zero-order valence-electron chi connectivity index (χ0n) is 37.6. The van der Waals surface area contributed by atoms with Crippen molar-refractivity contribution in [2.75, 3.05) is 33.8 Å². The summed E-state index contributed by atoms with van der Waals surface area (Å²) in [5.41, 5.74) is 3.02. The molecule has 0 fully saturated rings. The molecular formula is C44H73N5O9. The molecule has 0 aliphatic heterocycles. The van der Waals surface area contributed by atoms with Gasteiger partial charge in [0, 0.05) is 19.7 Å². The Hall–Kier alpha value is -5.01. The van der Waals surface area contributed by atoms with E-state index < -0.39 is 79.3 Å². The molecule has 58 heavy (non-hydrogen) atoms. The molecule has 1 aromatic rings. The van der Waals surface area contributed by atoms with Gasteiger partial charge in [-0.1, -0.05) is 102 Å². The van der Waals surface area contributed by atoms with Crippen LogP contribution in [-0.2, 0) is 38.3 Å². The summed E-state index contributed by atoms with van der Waals surface area (Å²) in [6, 6.07) is 7.06. The number of esters is 1. The first-order chi connectivity index (χ1) is 27.0. The summed E-state index contributed by atoms with van der Waals surface area (Å²) in [4.78, 5) is 88.7. The van der Waals surface area contributed by atoms with Gasteiger partial charge < -0.3 is 35.6 Å². The topological polar surface area (TPSA) is 192 Å². The summed E-state index contributed by atoms with van der Waals surface area (Å²) in [5, 5.41) is 16.4. The van der Waals surface area contributed by atoms with Crippen LogP contribution in [0.5, 0.6) is 0 Å². The van der Waals surface area contributed by atoms with Crippen molar-refractivity contribution in [1.82, 2.24) is 25.8 Å². The maximum Gasteiger partial charge on any atom is 0.333 e. The van der Waals surface area contributed by atoms with E-state index in [1.807, 2.05) is 32.0 Å². The Morgan fingerprint density at radius 1 is 0.810 bits per heavy atom. The van der Waals surface area contributed by atoms with Gasteiger partial charge in [0.2, 0.25) is 23.6 Å². The van der Waals surface area contributed by atoms with Crippen molar-refractivity contribution in [1.29, 1.82) is 0 Å². The normalized spacial score (nSPS) is 13.7. The average molecular weight is 816 g/mol. The first kappa shape index (κ1) is 55.1. The number of amides is 5. The summed E-state index contributed by atoms with van der Waals surface area (Å²) < 4.78 is 5.07. The zero-order valence-corrected chi connectivity index (χ0v) is 37.6. The van der Waals surface area contributed by atoms with Crippen molar-refractivity contribution in [3.63, 3.8) is 0 Å². The summed E-state index contributed by atoms with van der Waals surface area (Å²) in [5.74, 6) is -4.03. The number of hydrogen-bond donors (Lipinski definition) is 4. The minimum absolute atomic E-state index is 0.318. The van der Waals surface area contributed by atoms with Gasteiger partial charge in [-0.2, -0.15) is 0 Å². The Kier molecular flexibility index (Phi) is 28.6. The summed E-state index contributed by atoms with van der Waals surface area (Å²) in [6.45, 7) is 21.3. The third-order valence-electron chi connectivity index (χ3n) is 8.71. The highest BCUT2D eigenvalue weighted by Crippen LogP contribution is 2.17. The van der Waals surface area contributed by atoms with Crippen LogP contribution in [0.1, 0.15) is 107 Å². The number of carboxylic acids is 1. The number of nitrogens with zero attached hydrogens (tertiary/aromatic N) is 2. The largest absolute Gasteiger partial charge is 0.480 e. The van der Waals surface area contributed by atoms with Crippen molar-refractivity contribution in [3.05, 3.63) is 59.2 Å². The van der Waals surface area contributed by atoms with E-state index in [-0.39, 0.29) is 5.92 Å². The maximum absolute atomic E-state index is 12.8. The fourth-order valence-corrected chi connectivity index (χ4v) is 4.88. The first-order valence-corrected chi connectivity index (χ1v) is 20.0. The number of rotatable bonds is 20. The number of allylic oxidation sites excluding steroid dienone is 3. The van der Waals surface area contributed by atoms with Crippen LogP contribution >= 0.6 is 0 Å². The van der Waals surface area contributed by atoms with Crippen LogP contribution in [0.25, 0.3) is 0 Å². The van der Waals surface area contributed by atoms with Crippen LogP contribution in [0.2, 0.25) is 0 Å². The predicted octanol–water partition coefficient (Wildman–Crippen LogP) is 5.45. The third kappa shape index (κ3) is 26.0. The number of likely N-dealkylation sites (N-methyl/N-ethyl adjacent to an activating group) is 2. The number of carbonyl (C=O) groups excluding carboxylic acids is 6. The minimum atomic E-state index is -1.22. The molecule has 0 aliphatic rings.